The maximum Gasteiger partial charge on any atom is 0.334 e. The Hall–Kier alpha value is -2.61. The first-order chi connectivity index (χ1) is 15.3. The Balaban J connectivity index is 1.92. The maximum atomic E-state index is 13.6. The molecule has 0 radical (unpaired) electrons. The van der Waals surface area contributed by atoms with E-state index in [1.807, 2.05) is 49.1 Å². The number of carbonyl (C=O) groups is 3. The number of hydrogen-bond donors (Lipinski definition) is 1. The molecule has 2 aliphatic heterocycles. The summed E-state index contributed by atoms with van der Waals surface area (Å²) in [7, 11) is 1.76. The molecule has 2 heterocycles. The molecule has 1 aromatic rings. The molecule has 2 fully saturated rings. The van der Waals surface area contributed by atoms with Gasteiger partial charge in [0.1, 0.15) is 12.2 Å². The van der Waals surface area contributed by atoms with E-state index in [2.05, 4.69) is 19.2 Å². The monoisotopic (exact) mass is 443 g/mol. The van der Waals surface area contributed by atoms with E-state index in [1.165, 1.54) is 0 Å². The van der Waals surface area contributed by atoms with Gasteiger partial charge in [0.2, 0.25) is 11.8 Å². The van der Waals surface area contributed by atoms with E-state index >= 15 is 0 Å². The molecule has 0 spiro atoms. The number of carbonyl (C=O) groups excluding carboxylic acids is 3. The van der Waals surface area contributed by atoms with Crippen molar-refractivity contribution in [1.82, 2.24) is 25.1 Å². The zero-order chi connectivity index (χ0) is 23.4. The number of piperazine rings is 1. The van der Waals surface area contributed by atoms with Crippen LogP contribution in [0.3, 0.4) is 0 Å². The van der Waals surface area contributed by atoms with Gasteiger partial charge in [-0.3, -0.25) is 9.59 Å². The highest BCUT2D eigenvalue weighted by atomic mass is 16.2. The van der Waals surface area contributed by atoms with Gasteiger partial charge in [-0.1, -0.05) is 64.4 Å². The van der Waals surface area contributed by atoms with Crippen molar-refractivity contribution in [2.75, 3.05) is 20.1 Å². The molecule has 1 aromatic carbocycles. The smallest absolute Gasteiger partial charge is 0.334 e. The molecular weight excluding hydrogens is 406 g/mol. The van der Waals surface area contributed by atoms with Gasteiger partial charge in [-0.25, -0.2) is 14.8 Å². The molecule has 8 nitrogen and oxygen atoms in total. The molecule has 0 bridgehead atoms. The molecule has 2 unspecified atom stereocenters. The predicted octanol–water partition coefficient (Wildman–Crippen LogP) is 2.66. The van der Waals surface area contributed by atoms with Crippen LogP contribution in [0.1, 0.15) is 52.5 Å². The molecule has 3 atom stereocenters. The van der Waals surface area contributed by atoms with Crippen molar-refractivity contribution in [2.24, 2.45) is 5.92 Å². The lowest BCUT2D eigenvalue weighted by atomic mass is 9.91. The zero-order valence-electron chi connectivity index (χ0n) is 20.0. The first-order valence-corrected chi connectivity index (χ1v) is 11.8. The lowest BCUT2D eigenvalue weighted by Gasteiger charge is -2.56. The first kappa shape index (κ1) is 24.0. The number of nitrogens with one attached hydrogen (secondary N) is 1. The van der Waals surface area contributed by atoms with Crippen molar-refractivity contribution < 1.29 is 14.4 Å². The molecule has 4 amide bonds. The van der Waals surface area contributed by atoms with Crippen LogP contribution < -0.4 is 5.32 Å². The highest BCUT2D eigenvalue weighted by molar-refractivity contribution is 5.91. The van der Waals surface area contributed by atoms with Gasteiger partial charge in [0.15, 0.2) is 0 Å². The van der Waals surface area contributed by atoms with Crippen LogP contribution in [0.15, 0.2) is 30.3 Å². The number of amides is 4. The van der Waals surface area contributed by atoms with Crippen molar-refractivity contribution >= 4 is 17.8 Å². The van der Waals surface area contributed by atoms with Crippen LogP contribution in [-0.4, -0.2) is 76.0 Å². The molecular formula is C24H37N5O3. The fourth-order valence-electron chi connectivity index (χ4n) is 4.87. The van der Waals surface area contributed by atoms with Crippen molar-refractivity contribution in [3.8, 4) is 0 Å². The highest BCUT2D eigenvalue weighted by Gasteiger charge is 2.52. The van der Waals surface area contributed by atoms with Gasteiger partial charge in [0, 0.05) is 19.6 Å². The van der Waals surface area contributed by atoms with Gasteiger partial charge < -0.3 is 15.1 Å². The second kappa shape index (κ2) is 10.3. The van der Waals surface area contributed by atoms with Gasteiger partial charge in [0.25, 0.3) is 0 Å². The van der Waals surface area contributed by atoms with E-state index in [0.717, 1.165) is 24.8 Å². The van der Waals surface area contributed by atoms with Crippen LogP contribution in [0, 0.1) is 5.92 Å². The second-order valence-electron chi connectivity index (χ2n) is 8.88. The second-order valence-corrected chi connectivity index (χ2v) is 8.88. The summed E-state index contributed by atoms with van der Waals surface area (Å²) in [6.45, 7) is 9.00. The minimum Gasteiger partial charge on any atom is -0.334 e. The third-order valence-electron chi connectivity index (χ3n) is 6.88. The summed E-state index contributed by atoms with van der Waals surface area (Å²) in [6, 6.07) is 9.01. The quantitative estimate of drug-likeness (QED) is 0.703. The minimum atomic E-state index is -0.551. The largest absolute Gasteiger partial charge is 0.334 e. The van der Waals surface area contributed by atoms with Crippen LogP contribution in [-0.2, 0) is 16.1 Å². The third kappa shape index (κ3) is 4.60. The van der Waals surface area contributed by atoms with Crippen molar-refractivity contribution in [3.63, 3.8) is 0 Å². The highest BCUT2D eigenvalue weighted by Crippen LogP contribution is 2.32. The molecule has 176 valence electrons. The summed E-state index contributed by atoms with van der Waals surface area (Å²) >= 11 is 0. The molecule has 3 rings (SSSR count). The third-order valence-corrected chi connectivity index (χ3v) is 6.88. The van der Waals surface area contributed by atoms with E-state index in [1.54, 1.807) is 22.0 Å². The lowest BCUT2D eigenvalue weighted by Crippen LogP contribution is -2.77. The van der Waals surface area contributed by atoms with Crippen LogP contribution in [0.2, 0.25) is 0 Å². The lowest BCUT2D eigenvalue weighted by molar-refractivity contribution is -0.192. The fourth-order valence-corrected chi connectivity index (χ4v) is 4.87. The minimum absolute atomic E-state index is 0.00347. The summed E-state index contributed by atoms with van der Waals surface area (Å²) in [4.78, 5) is 43.6. The van der Waals surface area contributed by atoms with E-state index in [0.29, 0.717) is 13.1 Å². The van der Waals surface area contributed by atoms with Gasteiger partial charge in [-0.2, -0.15) is 0 Å². The van der Waals surface area contributed by atoms with Crippen molar-refractivity contribution in [1.29, 1.82) is 0 Å². The first-order valence-electron chi connectivity index (χ1n) is 11.8. The molecule has 0 aromatic heterocycles. The van der Waals surface area contributed by atoms with E-state index in [9.17, 15) is 14.4 Å². The Morgan fingerprint density at radius 3 is 2.34 bits per heavy atom. The molecule has 32 heavy (non-hydrogen) atoms. The Bertz CT molecular complexity index is 813. The maximum absolute atomic E-state index is 13.6. The number of nitrogens with zero attached hydrogens (tertiary/aromatic N) is 4. The molecule has 2 aliphatic rings. The molecule has 1 N–H and O–H groups in total. The number of rotatable bonds is 7. The SMILES string of the molecule is CCC(C)[C@H]1C(=O)N(C(CC)CC)CC2N1C(=O)CN(C)N2C(=O)NCc1ccccc1. The number of fused-ring (bicyclic) bond motifs is 1. The summed E-state index contributed by atoms with van der Waals surface area (Å²) in [5.74, 6) is -0.0944. The normalized spacial score (nSPS) is 22.9. The standard InChI is InChI=1S/C24H37N5O3/c1-6-17(4)22-23(31)27(19(7-2)8-3)15-20-28(22)21(30)16-26(5)29(20)24(32)25-14-18-12-10-9-11-13-18/h9-13,17,19-20,22H,6-8,14-16H2,1-5H3,(H,25,32)/t17?,20?,22-/m0/s1. The van der Waals surface area contributed by atoms with Gasteiger partial charge in [0.05, 0.1) is 13.1 Å². The van der Waals surface area contributed by atoms with Crippen LogP contribution in [0.5, 0.6) is 0 Å². The molecule has 8 heteroatoms. The Morgan fingerprint density at radius 2 is 1.75 bits per heavy atom. The van der Waals surface area contributed by atoms with Crippen LogP contribution in [0.25, 0.3) is 0 Å². The number of hydrogen-bond acceptors (Lipinski definition) is 4. The van der Waals surface area contributed by atoms with Crippen molar-refractivity contribution in [2.45, 2.75) is 71.8 Å². The number of hydrazine groups is 1. The molecule has 0 aliphatic carbocycles. The summed E-state index contributed by atoms with van der Waals surface area (Å²) < 4.78 is 0. The van der Waals surface area contributed by atoms with Crippen molar-refractivity contribution in [3.05, 3.63) is 35.9 Å². The topological polar surface area (TPSA) is 76.2 Å². The zero-order valence-corrected chi connectivity index (χ0v) is 20.0. The number of urea groups is 1. The van der Waals surface area contributed by atoms with E-state index in [4.69, 9.17) is 0 Å². The summed E-state index contributed by atoms with van der Waals surface area (Å²) in [5, 5.41) is 6.30. The number of likely N-dealkylation sites (N-methyl/N-ethyl adjacent to an activating group) is 1. The number of benzene rings is 1. The Morgan fingerprint density at radius 1 is 1.09 bits per heavy atom. The average Bonchev–Trinajstić information content (AvgIpc) is 2.79. The molecule has 0 saturated carbocycles. The van der Waals surface area contributed by atoms with Gasteiger partial charge in [-0.05, 0) is 24.3 Å². The Kier molecular flexibility index (Phi) is 7.77. The van der Waals surface area contributed by atoms with Gasteiger partial charge >= 0.3 is 6.03 Å². The average molecular weight is 444 g/mol. The fraction of sp³-hybridized carbons (Fsp3) is 0.625. The Labute approximate surface area is 191 Å². The predicted molar refractivity (Wildman–Crippen MR) is 123 cm³/mol. The van der Waals surface area contributed by atoms with Crippen LogP contribution in [0.4, 0.5) is 4.79 Å². The summed E-state index contributed by atoms with van der Waals surface area (Å²) in [6.07, 6.45) is 1.94. The van der Waals surface area contributed by atoms with Gasteiger partial charge in [-0.15, -0.1) is 0 Å². The van der Waals surface area contributed by atoms with E-state index < -0.39 is 12.2 Å². The molecule has 2 saturated heterocycles. The summed E-state index contributed by atoms with van der Waals surface area (Å²) in [5.41, 5.74) is 1.00. The van der Waals surface area contributed by atoms with Crippen LogP contribution >= 0.6 is 0 Å². The van der Waals surface area contributed by atoms with E-state index in [-0.39, 0.29) is 36.3 Å².